The van der Waals surface area contributed by atoms with Crippen molar-refractivity contribution in [3.8, 4) is 6.07 Å². The SMILES string of the molecule is N#CCC(I)c1ccc(C=O)s1. The van der Waals surface area contributed by atoms with E-state index in [1.165, 1.54) is 11.3 Å². The quantitative estimate of drug-likeness (QED) is 0.488. The van der Waals surface area contributed by atoms with Gasteiger partial charge in [0, 0.05) is 4.88 Å². The summed E-state index contributed by atoms with van der Waals surface area (Å²) in [6.45, 7) is 0. The van der Waals surface area contributed by atoms with Gasteiger partial charge in [-0.15, -0.1) is 11.3 Å². The van der Waals surface area contributed by atoms with E-state index in [1.54, 1.807) is 6.07 Å². The number of halogens is 1. The summed E-state index contributed by atoms with van der Waals surface area (Å²) in [4.78, 5) is 12.2. The summed E-state index contributed by atoms with van der Waals surface area (Å²) < 4.78 is 0.214. The second-order valence-electron chi connectivity index (χ2n) is 2.19. The summed E-state index contributed by atoms with van der Waals surface area (Å²) in [5, 5.41) is 8.44. The zero-order chi connectivity index (χ0) is 8.97. The van der Waals surface area contributed by atoms with Crippen molar-refractivity contribution in [3.05, 3.63) is 21.9 Å². The smallest absolute Gasteiger partial charge is 0.160 e. The Hall–Kier alpha value is -0.410. The molecule has 0 amide bonds. The number of thiophene rings is 1. The summed E-state index contributed by atoms with van der Waals surface area (Å²) in [6.07, 6.45) is 1.34. The fourth-order valence-electron chi connectivity index (χ4n) is 0.781. The maximum absolute atomic E-state index is 10.3. The van der Waals surface area contributed by atoms with Gasteiger partial charge in [-0.3, -0.25) is 4.79 Å². The zero-order valence-electron chi connectivity index (χ0n) is 6.16. The highest BCUT2D eigenvalue weighted by Crippen LogP contribution is 2.31. The average Bonchev–Trinajstić information content (AvgIpc) is 2.52. The molecule has 0 fully saturated rings. The predicted molar refractivity (Wildman–Crippen MR) is 56.7 cm³/mol. The Kier molecular flexibility index (Phi) is 3.69. The van der Waals surface area contributed by atoms with Crippen molar-refractivity contribution < 1.29 is 4.79 Å². The molecule has 0 aliphatic rings. The van der Waals surface area contributed by atoms with Crippen molar-refractivity contribution >= 4 is 40.2 Å². The molecule has 0 aromatic carbocycles. The molecule has 0 aliphatic carbocycles. The fraction of sp³-hybridized carbons (Fsp3) is 0.250. The molecule has 62 valence electrons. The lowest BCUT2D eigenvalue weighted by molar-refractivity contribution is 0.112. The maximum atomic E-state index is 10.3. The Morgan fingerprint density at radius 2 is 2.50 bits per heavy atom. The summed E-state index contributed by atoms with van der Waals surface area (Å²) in [5.41, 5.74) is 0. The van der Waals surface area contributed by atoms with Crippen molar-refractivity contribution in [2.75, 3.05) is 0 Å². The molecule has 1 atom stereocenters. The highest BCUT2D eigenvalue weighted by molar-refractivity contribution is 14.1. The minimum atomic E-state index is 0.214. The minimum absolute atomic E-state index is 0.214. The lowest BCUT2D eigenvalue weighted by Gasteiger charge is -1.98. The van der Waals surface area contributed by atoms with Gasteiger partial charge in [0.05, 0.1) is 21.3 Å². The lowest BCUT2D eigenvalue weighted by Crippen LogP contribution is -1.81. The first kappa shape index (κ1) is 9.68. The second kappa shape index (κ2) is 4.58. The van der Waals surface area contributed by atoms with E-state index in [0.717, 1.165) is 16.0 Å². The van der Waals surface area contributed by atoms with Gasteiger partial charge in [0.2, 0.25) is 0 Å². The molecule has 2 nitrogen and oxygen atoms in total. The van der Waals surface area contributed by atoms with Gasteiger partial charge in [0.15, 0.2) is 6.29 Å². The van der Waals surface area contributed by atoms with E-state index in [2.05, 4.69) is 28.7 Å². The third kappa shape index (κ3) is 2.29. The highest BCUT2D eigenvalue weighted by Gasteiger charge is 2.08. The monoisotopic (exact) mass is 291 g/mol. The number of nitriles is 1. The number of alkyl halides is 1. The molecule has 0 radical (unpaired) electrons. The average molecular weight is 291 g/mol. The molecule has 0 saturated heterocycles. The number of carbonyl (C=O) groups excluding carboxylic acids is 1. The molecular formula is C8H6INOS. The summed E-state index contributed by atoms with van der Waals surface area (Å²) in [7, 11) is 0. The van der Waals surface area contributed by atoms with Crippen LogP contribution in [-0.4, -0.2) is 6.29 Å². The Morgan fingerprint density at radius 3 is 3.00 bits per heavy atom. The van der Waals surface area contributed by atoms with E-state index in [4.69, 9.17) is 5.26 Å². The number of aldehydes is 1. The molecule has 12 heavy (non-hydrogen) atoms. The van der Waals surface area contributed by atoms with Gasteiger partial charge in [-0.25, -0.2) is 0 Å². The van der Waals surface area contributed by atoms with Crippen molar-refractivity contribution in [2.45, 2.75) is 10.3 Å². The van der Waals surface area contributed by atoms with Crippen molar-refractivity contribution in [1.29, 1.82) is 5.26 Å². The largest absolute Gasteiger partial charge is 0.297 e. The first-order valence-corrected chi connectivity index (χ1v) is 5.40. The van der Waals surface area contributed by atoms with Gasteiger partial charge in [-0.1, -0.05) is 22.6 Å². The molecule has 1 aromatic heterocycles. The number of carbonyl (C=O) groups is 1. The molecule has 4 heteroatoms. The van der Waals surface area contributed by atoms with E-state index in [-0.39, 0.29) is 3.92 Å². The Balaban J connectivity index is 2.75. The Bertz CT molecular complexity index is 315. The van der Waals surface area contributed by atoms with E-state index in [9.17, 15) is 4.79 Å². The Morgan fingerprint density at radius 1 is 1.75 bits per heavy atom. The molecule has 1 unspecified atom stereocenters. The normalized spacial score (nSPS) is 12.0. The van der Waals surface area contributed by atoms with Gasteiger partial charge in [-0.05, 0) is 12.1 Å². The van der Waals surface area contributed by atoms with Crippen LogP contribution < -0.4 is 0 Å². The molecular weight excluding hydrogens is 285 g/mol. The van der Waals surface area contributed by atoms with Crippen LogP contribution in [0, 0.1) is 11.3 Å². The van der Waals surface area contributed by atoms with Gasteiger partial charge in [0.25, 0.3) is 0 Å². The van der Waals surface area contributed by atoms with Crippen molar-refractivity contribution in [1.82, 2.24) is 0 Å². The van der Waals surface area contributed by atoms with Crippen LogP contribution in [0.15, 0.2) is 12.1 Å². The van der Waals surface area contributed by atoms with Gasteiger partial charge in [0.1, 0.15) is 0 Å². The van der Waals surface area contributed by atoms with Gasteiger partial charge >= 0.3 is 0 Å². The van der Waals surface area contributed by atoms with Crippen LogP contribution >= 0.6 is 33.9 Å². The van der Waals surface area contributed by atoms with Gasteiger partial charge < -0.3 is 0 Å². The van der Waals surface area contributed by atoms with Crippen LogP contribution in [0.4, 0.5) is 0 Å². The van der Waals surface area contributed by atoms with Gasteiger partial charge in [-0.2, -0.15) is 5.26 Å². The molecule has 1 aromatic rings. The molecule has 0 bridgehead atoms. The predicted octanol–water partition coefficient (Wildman–Crippen LogP) is 2.95. The maximum Gasteiger partial charge on any atom is 0.160 e. The molecule has 0 aliphatic heterocycles. The lowest BCUT2D eigenvalue weighted by atomic mass is 10.3. The molecule has 1 heterocycles. The van der Waals surface area contributed by atoms with Crippen LogP contribution in [0.1, 0.15) is 24.9 Å². The molecule has 1 rings (SSSR count). The Labute approximate surface area is 88.3 Å². The topological polar surface area (TPSA) is 40.9 Å². The van der Waals surface area contributed by atoms with Crippen LogP contribution in [0.25, 0.3) is 0 Å². The third-order valence-corrected chi connectivity index (χ3v) is 4.00. The first-order valence-electron chi connectivity index (χ1n) is 3.34. The number of hydrogen-bond donors (Lipinski definition) is 0. The van der Waals surface area contributed by atoms with E-state index < -0.39 is 0 Å². The molecule has 0 N–H and O–H groups in total. The third-order valence-electron chi connectivity index (χ3n) is 1.34. The summed E-state index contributed by atoms with van der Waals surface area (Å²) >= 11 is 3.66. The number of rotatable bonds is 3. The number of hydrogen-bond acceptors (Lipinski definition) is 3. The van der Waals surface area contributed by atoms with E-state index in [0.29, 0.717) is 6.42 Å². The standard InChI is InChI=1S/C8H6INOS/c9-7(3-4-10)8-2-1-6(5-11)12-8/h1-2,5,7H,3H2. The molecule has 0 spiro atoms. The van der Waals surface area contributed by atoms with Crippen LogP contribution in [0.2, 0.25) is 0 Å². The van der Waals surface area contributed by atoms with Crippen LogP contribution in [-0.2, 0) is 0 Å². The molecule has 0 saturated carbocycles. The summed E-state index contributed by atoms with van der Waals surface area (Å²) in [5.74, 6) is 0. The number of nitrogens with zero attached hydrogens (tertiary/aromatic N) is 1. The van der Waals surface area contributed by atoms with E-state index in [1.807, 2.05) is 6.07 Å². The first-order chi connectivity index (χ1) is 5.77. The van der Waals surface area contributed by atoms with Crippen LogP contribution in [0.5, 0.6) is 0 Å². The second-order valence-corrected chi connectivity index (χ2v) is 4.84. The van der Waals surface area contributed by atoms with Crippen LogP contribution in [0.3, 0.4) is 0 Å². The zero-order valence-corrected chi connectivity index (χ0v) is 9.13. The van der Waals surface area contributed by atoms with E-state index >= 15 is 0 Å². The van der Waals surface area contributed by atoms with Crippen molar-refractivity contribution in [2.24, 2.45) is 0 Å². The fourth-order valence-corrected chi connectivity index (χ4v) is 2.37. The summed E-state index contributed by atoms with van der Waals surface area (Å²) in [6, 6.07) is 5.80. The van der Waals surface area contributed by atoms with Crippen molar-refractivity contribution in [3.63, 3.8) is 0 Å². The highest BCUT2D eigenvalue weighted by atomic mass is 127. The minimum Gasteiger partial charge on any atom is -0.297 e.